The number of nitrogens with one attached hydrogen (secondary N) is 1. The van der Waals surface area contributed by atoms with Crippen LogP contribution < -0.4 is 16.0 Å². The van der Waals surface area contributed by atoms with Crippen molar-refractivity contribution in [1.29, 1.82) is 0 Å². The topological polar surface area (TPSA) is 47.3 Å². The van der Waals surface area contributed by atoms with Crippen molar-refractivity contribution in [2.75, 3.05) is 7.11 Å². The predicted molar refractivity (Wildman–Crippen MR) is 76.2 cm³/mol. The molecule has 0 fully saturated rings. The molecular formula is C14H13BrF2N2O. The van der Waals surface area contributed by atoms with Crippen molar-refractivity contribution in [1.82, 2.24) is 5.43 Å². The van der Waals surface area contributed by atoms with Crippen LogP contribution in [0.1, 0.15) is 17.2 Å². The van der Waals surface area contributed by atoms with Crippen LogP contribution in [0.2, 0.25) is 0 Å². The van der Waals surface area contributed by atoms with E-state index in [2.05, 4.69) is 21.4 Å². The molecule has 2 rings (SSSR count). The second-order valence-electron chi connectivity index (χ2n) is 4.14. The highest BCUT2D eigenvalue weighted by Gasteiger charge is 2.19. The summed E-state index contributed by atoms with van der Waals surface area (Å²) >= 11 is 3.13. The van der Waals surface area contributed by atoms with Gasteiger partial charge in [0.25, 0.3) is 0 Å². The van der Waals surface area contributed by atoms with Crippen LogP contribution in [0.5, 0.6) is 5.75 Å². The molecule has 0 heterocycles. The molecule has 0 amide bonds. The molecule has 0 aliphatic heterocycles. The maximum atomic E-state index is 14.1. The van der Waals surface area contributed by atoms with E-state index >= 15 is 0 Å². The number of nitrogens with two attached hydrogens (primary N) is 1. The summed E-state index contributed by atoms with van der Waals surface area (Å²) in [6, 6.07) is 8.57. The number of methoxy groups -OCH3 is 1. The Labute approximate surface area is 123 Å². The number of hydrogen-bond acceptors (Lipinski definition) is 3. The molecule has 0 aliphatic carbocycles. The first-order valence-corrected chi connectivity index (χ1v) is 6.61. The van der Waals surface area contributed by atoms with E-state index in [4.69, 9.17) is 10.6 Å². The Hall–Kier alpha value is -1.50. The van der Waals surface area contributed by atoms with Gasteiger partial charge in [-0.25, -0.2) is 14.2 Å². The highest BCUT2D eigenvalue weighted by molar-refractivity contribution is 9.10. The first-order chi connectivity index (χ1) is 9.58. The standard InChI is InChI=1S/C14H13BrF2N2O/c1-20-12-7-8(5-6-11(12)16)14(19-18)9-3-2-4-10(15)13(9)17/h2-7,14,19H,18H2,1H3. The molecule has 0 saturated heterocycles. The Morgan fingerprint density at radius 2 is 2.00 bits per heavy atom. The average Bonchev–Trinajstić information content (AvgIpc) is 2.45. The van der Waals surface area contributed by atoms with Gasteiger partial charge in [0.1, 0.15) is 5.82 Å². The Bertz CT molecular complexity index is 622. The largest absolute Gasteiger partial charge is 0.494 e. The molecule has 0 saturated carbocycles. The van der Waals surface area contributed by atoms with Crippen LogP contribution in [0.25, 0.3) is 0 Å². The molecule has 2 aromatic rings. The van der Waals surface area contributed by atoms with E-state index in [1.165, 1.54) is 25.3 Å². The fourth-order valence-electron chi connectivity index (χ4n) is 1.96. The Morgan fingerprint density at radius 3 is 2.65 bits per heavy atom. The summed E-state index contributed by atoms with van der Waals surface area (Å²) in [6.45, 7) is 0. The third kappa shape index (κ3) is 2.82. The van der Waals surface area contributed by atoms with Crippen LogP contribution in [0.4, 0.5) is 8.78 Å². The smallest absolute Gasteiger partial charge is 0.165 e. The maximum Gasteiger partial charge on any atom is 0.165 e. The highest BCUT2D eigenvalue weighted by atomic mass is 79.9. The van der Waals surface area contributed by atoms with Crippen molar-refractivity contribution >= 4 is 15.9 Å². The van der Waals surface area contributed by atoms with Crippen molar-refractivity contribution in [3.8, 4) is 5.75 Å². The number of benzene rings is 2. The second-order valence-corrected chi connectivity index (χ2v) is 4.99. The Morgan fingerprint density at radius 1 is 1.25 bits per heavy atom. The van der Waals surface area contributed by atoms with Crippen LogP contribution in [-0.4, -0.2) is 7.11 Å². The lowest BCUT2D eigenvalue weighted by Gasteiger charge is -2.19. The number of ether oxygens (including phenoxy) is 1. The molecule has 0 spiro atoms. The molecule has 2 aromatic carbocycles. The van der Waals surface area contributed by atoms with Crippen LogP contribution in [0.3, 0.4) is 0 Å². The lowest BCUT2D eigenvalue weighted by molar-refractivity contribution is 0.385. The zero-order valence-electron chi connectivity index (χ0n) is 10.7. The van der Waals surface area contributed by atoms with Gasteiger partial charge in [-0.3, -0.25) is 5.84 Å². The van der Waals surface area contributed by atoms with E-state index in [1.807, 2.05) is 0 Å². The van der Waals surface area contributed by atoms with Crippen molar-refractivity contribution < 1.29 is 13.5 Å². The number of halogens is 3. The van der Waals surface area contributed by atoms with Crippen molar-refractivity contribution in [3.63, 3.8) is 0 Å². The van der Waals surface area contributed by atoms with E-state index in [1.54, 1.807) is 18.2 Å². The quantitative estimate of drug-likeness (QED) is 0.662. The van der Waals surface area contributed by atoms with Crippen molar-refractivity contribution in [2.45, 2.75) is 6.04 Å². The van der Waals surface area contributed by atoms with E-state index < -0.39 is 17.7 Å². The van der Waals surface area contributed by atoms with Gasteiger partial charge >= 0.3 is 0 Å². The molecule has 3 nitrogen and oxygen atoms in total. The normalized spacial score (nSPS) is 12.2. The minimum absolute atomic E-state index is 0.0816. The van der Waals surface area contributed by atoms with Gasteiger partial charge in [-0.05, 0) is 39.7 Å². The molecule has 3 N–H and O–H groups in total. The summed E-state index contributed by atoms with van der Waals surface area (Å²) in [4.78, 5) is 0. The van der Waals surface area contributed by atoms with Crippen LogP contribution in [-0.2, 0) is 0 Å². The fourth-order valence-corrected chi connectivity index (χ4v) is 2.35. The fraction of sp³-hybridized carbons (Fsp3) is 0.143. The zero-order chi connectivity index (χ0) is 14.7. The van der Waals surface area contributed by atoms with Gasteiger partial charge in [-0.15, -0.1) is 0 Å². The average molecular weight is 343 g/mol. The summed E-state index contributed by atoms with van der Waals surface area (Å²) in [6.07, 6.45) is 0. The molecule has 1 atom stereocenters. The lowest BCUT2D eigenvalue weighted by atomic mass is 9.98. The summed E-state index contributed by atoms with van der Waals surface area (Å²) in [5.41, 5.74) is 3.49. The van der Waals surface area contributed by atoms with E-state index in [0.717, 1.165) is 0 Å². The highest BCUT2D eigenvalue weighted by Crippen LogP contribution is 2.30. The summed E-state index contributed by atoms with van der Waals surface area (Å²) in [7, 11) is 1.37. The lowest BCUT2D eigenvalue weighted by Crippen LogP contribution is -2.29. The number of hydrogen-bond donors (Lipinski definition) is 2. The Kier molecular flexibility index (Phi) is 4.69. The van der Waals surface area contributed by atoms with Crippen LogP contribution in [0, 0.1) is 11.6 Å². The first-order valence-electron chi connectivity index (χ1n) is 5.82. The summed E-state index contributed by atoms with van der Waals surface area (Å²) < 4.78 is 32.8. The van der Waals surface area contributed by atoms with Crippen molar-refractivity contribution in [3.05, 3.63) is 63.6 Å². The number of hydrazine groups is 1. The maximum absolute atomic E-state index is 14.1. The van der Waals surface area contributed by atoms with Crippen molar-refractivity contribution in [2.24, 2.45) is 5.84 Å². The molecule has 0 bridgehead atoms. The van der Waals surface area contributed by atoms with Gasteiger partial charge in [-0.1, -0.05) is 18.2 Å². The molecule has 106 valence electrons. The molecule has 20 heavy (non-hydrogen) atoms. The van der Waals surface area contributed by atoms with Crippen LogP contribution in [0.15, 0.2) is 40.9 Å². The molecular weight excluding hydrogens is 330 g/mol. The first kappa shape index (κ1) is 14.9. The van der Waals surface area contributed by atoms with Gasteiger partial charge in [0.2, 0.25) is 0 Å². The molecule has 0 aliphatic rings. The minimum Gasteiger partial charge on any atom is -0.494 e. The SMILES string of the molecule is COc1cc(C(NN)c2cccc(Br)c2F)ccc1F. The van der Waals surface area contributed by atoms with Gasteiger partial charge in [0.05, 0.1) is 17.6 Å². The van der Waals surface area contributed by atoms with E-state index in [9.17, 15) is 8.78 Å². The van der Waals surface area contributed by atoms with Gasteiger partial charge in [-0.2, -0.15) is 0 Å². The summed E-state index contributed by atoms with van der Waals surface area (Å²) in [5, 5.41) is 0. The zero-order valence-corrected chi connectivity index (χ0v) is 12.2. The third-order valence-corrected chi connectivity index (χ3v) is 3.58. The molecule has 0 aromatic heterocycles. The third-order valence-electron chi connectivity index (χ3n) is 2.97. The second kappa shape index (κ2) is 6.30. The van der Waals surface area contributed by atoms with E-state index in [-0.39, 0.29) is 5.75 Å². The molecule has 0 radical (unpaired) electrons. The van der Waals surface area contributed by atoms with E-state index in [0.29, 0.717) is 15.6 Å². The predicted octanol–water partition coefficient (Wildman–Crippen LogP) is 3.29. The van der Waals surface area contributed by atoms with Crippen LogP contribution >= 0.6 is 15.9 Å². The molecule has 6 heteroatoms. The Balaban J connectivity index is 2.49. The monoisotopic (exact) mass is 342 g/mol. The molecule has 1 unspecified atom stereocenters. The summed E-state index contributed by atoms with van der Waals surface area (Å²) in [5.74, 6) is 4.70. The van der Waals surface area contributed by atoms with Gasteiger partial charge < -0.3 is 4.74 Å². The minimum atomic E-state index is -0.609. The van der Waals surface area contributed by atoms with Gasteiger partial charge in [0.15, 0.2) is 11.6 Å². The number of rotatable bonds is 4. The van der Waals surface area contributed by atoms with Gasteiger partial charge in [0, 0.05) is 5.56 Å².